The Hall–Kier alpha value is -3.23. The molecule has 0 saturated heterocycles. The second-order valence-corrected chi connectivity index (χ2v) is 10.6. The van der Waals surface area contributed by atoms with E-state index in [2.05, 4.69) is 128 Å². The molecule has 0 amide bonds. The molecule has 4 aromatic carbocycles. The molecule has 1 aliphatic heterocycles. The quantitative estimate of drug-likeness (QED) is 0.277. The van der Waals surface area contributed by atoms with Gasteiger partial charge in [-0.05, 0) is 71.5 Å². The Bertz CT molecular complexity index is 1290. The van der Waals surface area contributed by atoms with E-state index in [0.717, 1.165) is 17.9 Å². The van der Waals surface area contributed by atoms with Gasteiger partial charge in [0.2, 0.25) is 0 Å². The largest absolute Gasteiger partial charge is 0.376 e. The zero-order valence-electron chi connectivity index (χ0n) is 19.9. The highest BCUT2D eigenvalue weighted by Crippen LogP contribution is 2.40. The highest BCUT2D eigenvalue weighted by atomic mass is 32.2. The average molecular weight is 462 g/mol. The van der Waals surface area contributed by atoms with E-state index < -0.39 is 0 Å². The van der Waals surface area contributed by atoms with Gasteiger partial charge in [-0.3, -0.25) is 0 Å². The maximum absolute atomic E-state index is 3.72. The molecule has 0 bridgehead atoms. The molecule has 170 valence electrons. The van der Waals surface area contributed by atoms with Crippen molar-refractivity contribution in [1.29, 1.82) is 0 Å². The monoisotopic (exact) mass is 461 g/mol. The van der Waals surface area contributed by atoms with Crippen LogP contribution < -0.4 is 5.32 Å². The topological polar surface area (TPSA) is 12.0 Å². The summed E-state index contributed by atoms with van der Waals surface area (Å²) in [5.74, 6) is 2.15. The van der Waals surface area contributed by atoms with Gasteiger partial charge in [0.15, 0.2) is 0 Å². The van der Waals surface area contributed by atoms with E-state index in [1.54, 1.807) is 0 Å². The lowest BCUT2D eigenvalue weighted by molar-refractivity contribution is 0.707. The van der Waals surface area contributed by atoms with Crippen molar-refractivity contribution >= 4 is 23.0 Å². The van der Waals surface area contributed by atoms with Crippen LogP contribution in [0, 0.1) is 0 Å². The molecule has 0 aromatic heterocycles. The second kappa shape index (κ2) is 9.95. The van der Waals surface area contributed by atoms with E-state index in [-0.39, 0.29) is 5.54 Å². The molecule has 5 rings (SSSR count). The molecule has 2 heteroatoms. The summed E-state index contributed by atoms with van der Waals surface area (Å²) < 4.78 is 0. The fraction of sp³-hybridized carbons (Fsp3) is 0.188. The number of nitrogens with one attached hydrogen (secondary N) is 1. The minimum atomic E-state index is -0.0498. The van der Waals surface area contributed by atoms with Crippen molar-refractivity contribution < 1.29 is 0 Å². The van der Waals surface area contributed by atoms with E-state index in [9.17, 15) is 0 Å². The molecule has 0 aliphatic carbocycles. The van der Waals surface area contributed by atoms with E-state index in [1.807, 2.05) is 11.8 Å². The molecular formula is C32H31NS. The molecule has 0 atom stereocenters. The predicted molar refractivity (Wildman–Crippen MR) is 150 cm³/mol. The maximum atomic E-state index is 3.72. The Balaban J connectivity index is 1.42. The van der Waals surface area contributed by atoms with Crippen LogP contribution in [-0.2, 0) is 6.42 Å². The van der Waals surface area contributed by atoms with Gasteiger partial charge in [0.25, 0.3) is 0 Å². The Morgan fingerprint density at radius 3 is 2.06 bits per heavy atom. The van der Waals surface area contributed by atoms with Gasteiger partial charge >= 0.3 is 0 Å². The minimum absolute atomic E-state index is 0.0498. The molecule has 1 N–H and O–H groups in total. The van der Waals surface area contributed by atoms with Crippen molar-refractivity contribution in [3.63, 3.8) is 0 Å². The summed E-state index contributed by atoms with van der Waals surface area (Å²) >= 11 is 2.02. The van der Waals surface area contributed by atoms with Gasteiger partial charge in [-0.15, -0.1) is 0 Å². The van der Waals surface area contributed by atoms with Crippen molar-refractivity contribution in [1.82, 2.24) is 0 Å². The number of aryl methyl sites for hydroxylation is 1. The Morgan fingerprint density at radius 1 is 0.676 bits per heavy atom. The molecule has 1 nitrogen and oxygen atoms in total. The van der Waals surface area contributed by atoms with Crippen LogP contribution in [-0.4, -0.2) is 17.0 Å². The number of fused-ring (bicyclic) bond motifs is 1. The van der Waals surface area contributed by atoms with E-state index >= 15 is 0 Å². The van der Waals surface area contributed by atoms with Crippen molar-refractivity contribution in [2.45, 2.75) is 25.8 Å². The first-order chi connectivity index (χ1) is 16.6. The van der Waals surface area contributed by atoms with Gasteiger partial charge in [0, 0.05) is 17.0 Å². The first kappa shape index (κ1) is 22.6. The third-order valence-corrected chi connectivity index (χ3v) is 7.32. The lowest BCUT2D eigenvalue weighted by Gasteiger charge is -2.32. The number of hydrogen-bond acceptors (Lipinski definition) is 2. The maximum Gasteiger partial charge on any atom is 0.0506 e. The molecule has 0 fully saturated rings. The van der Waals surface area contributed by atoms with Crippen LogP contribution in [0.1, 0.15) is 25.0 Å². The summed E-state index contributed by atoms with van der Waals surface area (Å²) in [6.45, 7) is 4.51. The molecule has 1 heterocycles. The van der Waals surface area contributed by atoms with Gasteiger partial charge in [-0.2, -0.15) is 11.8 Å². The van der Waals surface area contributed by atoms with Gasteiger partial charge in [-0.25, -0.2) is 0 Å². The van der Waals surface area contributed by atoms with Crippen LogP contribution >= 0.6 is 11.8 Å². The highest BCUT2D eigenvalue weighted by molar-refractivity contribution is 7.99. The summed E-state index contributed by atoms with van der Waals surface area (Å²) in [6.07, 6.45) is 3.52. The highest BCUT2D eigenvalue weighted by Gasteiger charge is 2.24. The van der Waals surface area contributed by atoms with Crippen LogP contribution in [0.25, 0.3) is 27.8 Å². The third-order valence-electron chi connectivity index (χ3n) is 6.32. The van der Waals surface area contributed by atoms with Crippen molar-refractivity contribution in [3.8, 4) is 22.3 Å². The minimum Gasteiger partial charge on any atom is -0.376 e. The molecule has 0 spiro atoms. The van der Waals surface area contributed by atoms with E-state index in [1.165, 1.54) is 44.6 Å². The predicted octanol–water partition coefficient (Wildman–Crippen LogP) is 8.58. The summed E-state index contributed by atoms with van der Waals surface area (Å²) in [6, 6.07) is 37.1. The lowest BCUT2D eigenvalue weighted by Crippen LogP contribution is -2.32. The van der Waals surface area contributed by atoms with Gasteiger partial charge in [-0.1, -0.05) is 97.1 Å². The zero-order chi connectivity index (χ0) is 23.4. The number of rotatable bonds is 7. The Labute approximate surface area is 207 Å². The van der Waals surface area contributed by atoms with Crippen molar-refractivity contribution in [2.75, 3.05) is 16.8 Å². The smallest absolute Gasteiger partial charge is 0.0506 e. The Kier molecular flexibility index (Phi) is 6.60. The Morgan fingerprint density at radius 2 is 1.32 bits per heavy atom. The van der Waals surface area contributed by atoms with Crippen LogP contribution in [0.4, 0.5) is 5.69 Å². The van der Waals surface area contributed by atoms with Crippen molar-refractivity contribution in [3.05, 3.63) is 120 Å². The number of anilines is 1. The summed E-state index contributed by atoms with van der Waals surface area (Å²) in [4.78, 5) is 0. The number of hydrogen-bond donors (Lipinski definition) is 1. The normalized spacial score (nSPS) is 14.1. The molecule has 0 saturated carbocycles. The second-order valence-electron chi connectivity index (χ2n) is 9.48. The van der Waals surface area contributed by atoms with Crippen LogP contribution in [0.5, 0.6) is 0 Å². The average Bonchev–Trinajstić information content (AvgIpc) is 2.87. The number of thioether (sulfide) groups is 1. The molecular weight excluding hydrogens is 430 g/mol. The molecule has 4 aromatic rings. The standard InChI is InChI=1S/C32H31NS/c1-32(2)22-27(23-34-20-19-24-11-5-3-6-12-24)30-21-26(17-18-31(30)33-32)29-16-10-9-15-28(29)25-13-7-4-8-14-25/h3-18,21-22,33H,19-20,23H2,1-2H3. The fourth-order valence-electron chi connectivity index (χ4n) is 4.72. The van der Waals surface area contributed by atoms with E-state index in [4.69, 9.17) is 0 Å². The SMILES string of the molecule is CC1(C)C=C(CSCCc2ccccc2)c2cc(-c3ccccc3-c3ccccc3)ccc2N1. The van der Waals surface area contributed by atoms with Gasteiger partial charge in [0.1, 0.15) is 0 Å². The van der Waals surface area contributed by atoms with Crippen LogP contribution in [0.2, 0.25) is 0 Å². The zero-order valence-corrected chi connectivity index (χ0v) is 20.7. The summed E-state index contributed by atoms with van der Waals surface area (Å²) in [5.41, 5.74) is 10.4. The lowest BCUT2D eigenvalue weighted by atomic mass is 9.88. The fourth-order valence-corrected chi connectivity index (χ4v) is 5.71. The van der Waals surface area contributed by atoms with E-state index in [0.29, 0.717) is 0 Å². The van der Waals surface area contributed by atoms with Crippen LogP contribution in [0.3, 0.4) is 0 Å². The van der Waals surface area contributed by atoms with Crippen LogP contribution in [0.15, 0.2) is 109 Å². The summed E-state index contributed by atoms with van der Waals surface area (Å²) in [7, 11) is 0. The van der Waals surface area contributed by atoms with Gasteiger partial charge in [0.05, 0.1) is 5.54 Å². The third kappa shape index (κ3) is 5.13. The first-order valence-electron chi connectivity index (χ1n) is 12.0. The van der Waals surface area contributed by atoms with Gasteiger partial charge < -0.3 is 5.32 Å². The first-order valence-corrected chi connectivity index (χ1v) is 13.2. The molecule has 34 heavy (non-hydrogen) atoms. The number of benzene rings is 4. The summed E-state index contributed by atoms with van der Waals surface area (Å²) in [5, 5.41) is 3.72. The molecule has 0 radical (unpaired) electrons. The molecule has 0 unspecified atom stereocenters. The molecule has 1 aliphatic rings. The van der Waals surface area contributed by atoms with Crippen molar-refractivity contribution in [2.24, 2.45) is 0 Å².